The number of amides is 7. The second kappa shape index (κ2) is 22.5. The fourth-order valence-electron chi connectivity index (χ4n) is 5.52. The largest absolute Gasteiger partial charge is 0.508 e. The first-order valence-electron chi connectivity index (χ1n) is 17.8. The predicted octanol–water partition coefficient (Wildman–Crippen LogP) is -4.05. The Hall–Kier alpha value is -5.50. The van der Waals surface area contributed by atoms with Crippen molar-refractivity contribution in [2.75, 3.05) is 19.7 Å². The zero-order chi connectivity index (χ0) is 40.4. The van der Waals surface area contributed by atoms with Gasteiger partial charge in [0.2, 0.25) is 41.4 Å². The third kappa shape index (κ3) is 14.9. The van der Waals surface area contributed by atoms with Gasteiger partial charge < -0.3 is 65.0 Å². The Labute approximate surface area is 313 Å². The molecule has 1 aromatic rings. The third-order valence-corrected chi connectivity index (χ3v) is 8.81. The highest BCUT2D eigenvalue weighted by atomic mass is 16.3. The highest BCUT2D eigenvalue weighted by Gasteiger charge is 2.36. The molecule has 2 rings (SSSR count). The Morgan fingerprint density at radius 3 is 1.78 bits per heavy atom. The number of hydrogen-bond donors (Lipinski definition) is 12. The van der Waals surface area contributed by atoms with Gasteiger partial charge in [0.25, 0.3) is 0 Å². The number of aliphatic imine (C=N–C) groups is 1. The Bertz CT molecular complexity index is 1490. The second-order valence-corrected chi connectivity index (χ2v) is 13.1. The molecule has 1 heterocycles. The molecule has 1 saturated heterocycles. The van der Waals surface area contributed by atoms with Crippen molar-refractivity contribution in [2.45, 2.75) is 101 Å². The summed E-state index contributed by atoms with van der Waals surface area (Å²) in [6.07, 6.45) is 0.569. The van der Waals surface area contributed by atoms with Crippen LogP contribution in [0.2, 0.25) is 0 Å². The summed E-state index contributed by atoms with van der Waals surface area (Å²) in [5, 5.41) is 35.1. The molecule has 1 fully saturated rings. The van der Waals surface area contributed by atoms with E-state index in [4.69, 9.17) is 22.9 Å². The highest BCUT2D eigenvalue weighted by Crippen LogP contribution is 2.15. The summed E-state index contributed by atoms with van der Waals surface area (Å²) < 4.78 is 0. The summed E-state index contributed by atoms with van der Waals surface area (Å²) in [7, 11) is 0. The molecule has 7 amide bonds. The van der Waals surface area contributed by atoms with Crippen LogP contribution in [0.1, 0.15) is 64.4 Å². The van der Waals surface area contributed by atoms with Crippen LogP contribution in [0, 0.1) is 5.92 Å². The molecule has 54 heavy (non-hydrogen) atoms. The van der Waals surface area contributed by atoms with Crippen LogP contribution in [0.4, 0.5) is 0 Å². The number of aliphatic hydroxyl groups excluding tert-OH is 1. The van der Waals surface area contributed by atoms with Gasteiger partial charge in [-0.05, 0) is 62.3 Å². The van der Waals surface area contributed by atoms with Gasteiger partial charge in [-0.25, -0.2) is 0 Å². The Morgan fingerprint density at radius 2 is 1.22 bits per heavy atom. The van der Waals surface area contributed by atoms with Crippen molar-refractivity contribution < 1.29 is 43.8 Å². The standard InChI is InChI=1S/C34H55N11O9/c1-3-18(2)27-33(54)41-21(7-4-5-13-35)29(50)44-25(17-46)32(53)40-22(8-6-14-39-34(37)38)28(49)43-24(16-26(36)48)30(51)42-23(31(52)45-27)15-19-9-11-20(47)12-10-19/h9-12,18,21-25,27,46-47H,3-8,13-17,35H2,1-2H3,(H2,36,48)(H,40,53)(H,41,54)(H,42,51)(H,43,49)(H,44,50)(H,45,52)(H4,37,38,39)/t18-,21+,22-,23-,24-,25-,27-/m0/s1. The predicted molar refractivity (Wildman–Crippen MR) is 197 cm³/mol. The number of rotatable bonds is 15. The monoisotopic (exact) mass is 761 g/mol. The van der Waals surface area contributed by atoms with Gasteiger partial charge in [-0.15, -0.1) is 0 Å². The molecule has 1 aliphatic heterocycles. The van der Waals surface area contributed by atoms with Gasteiger partial charge in [0.15, 0.2) is 5.96 Å². The molecule has 20 heteroatoms. The van der Waals surface area contributed by atoms with Gasteiger partial charge in [-0.3, -0.25) is 38.6 Å². The maximum Gasteiger partial charge on any atom is 0.245 e. The number of aliphatic hydroxyl groups is 1. The summed E-state index contributed by atoms with van der Waals surface area (Å²) in [6, 6.07) is -2.70. The number of nitrogens with zero attached hydrogens (tertiary/aromatic N) is 1. The second-order valence-electron chi connectivity index (χ2n) is 13.1. The van der Waals surface area contributed by atoms with Crippen molar-refractivity contribution in [3.63, 3.8) is 0 Å². The number of phenolic OH excluding ortho intramolecular Hbond substituents is 1. The van der Waals surface area contributed by atoms with E-state index in [0.29, 0.717) is 31.4 Å². The number of carbonyl (C=O) groups excluding carboxylic acids is 7. The van der Waals surface area contributed by atoms with Gasteiger partial charge in [0, 0.05) is 13.0 Å². The van der Waals surface area contributed by atoms with E-state index in [-0.39, 0.29) is 43.9 Å². The Morgan fingerprint density at radius 1 is 0.722 bits per heavy atom. The van der Waals surface area contributed by atoms with E-state index in [1.54, 1.807) is 13.8 Å². The molecule has 0 unspecified atom stereocenters. The van der Waals surface area contributed by atoms with Gasteiger partial charge in [-0.2, -0.15) is 0 Å². The van der Waals surface area contributed by atoms with Crippen molar-refractivity contribution in [3.8, 4) is 5.75 Å². The molecular formula is C34H55N11O9. The van der Waals surface area contributed by atoms with E-state index in [1.807, 2.05) is 0 Å². The summed E-state index contributed by atoms with van der Waals surface area (Å²) >= 11 is 0. The lowest BCUT2D eigenvalue weighted by atomic mass is 9.96. The number of benzene rings is 1. The average molecular weight is 762 g/mol. The number of unbranched alkanes of at least 4 members (excludes halogenated alkanes) is 1. The average Bonchev–Trinajstić information content (AvgIpc) is 3.12. The zero-order valence-corrected chi connectivity index (χ0v) is 30.6. The van der Waals surface area contributed by atoms with Crippen LogP contribution in [0.25, 0.3) is 0 Å². The minimum absolute atomic E-state index is 0.0449. The SMILES string of the molecule is CC[C@H](C)[C@@H]1NC(=O)[C@H](Cc2ccc(O)cc2)NC(=O)[C@H](CC(N)=O)NC(=O)[C@H](CCCN=C(N)N)NC(=O)[C@H](CO)NC(=O)[C@@H](CCCCN)NC1=O. The van der Waals surface area contributed by atoms with E-state index < -0.39 is 96.5 Å². The summed E-state index contributed by atoms with van der Waals surface area (Å²) in [5.74, 6) is -7.01. The molecule has 0 bridgehead atoms. The van der Waals surface area contributed by atoms with Gasteiger partial charge in [0.05, 0.1) is 13.0 Å². The molecule has 0 saturated carbocycles. The first-order valence-corrected chi connectivity index (χ1v) is 17.8. The smallest absolute Gasteiger partial charge is 0.245 e. The zero-order valence-electron chi connectivity index (χ0n) is 30.6. The number of nitrogens with two attached hydrogens (primary N) is 4. The first-order chi connectivity index (χ1) is 25.6. The van der Waals surface area contributed by atoms with Crippen molar-refractivity contribution >= 4 is 47.3 Å². The van der Waals surface area contributed by atoms with Crippen molar-refractivity contribution in [2.24, 2.45) is 33.8 Å². The maximum absolute atomic E-state index is 14.0. The van der Waals surface area contributed by atoms with Gasteiger partial charge in [-0.1, -0.05) is 32.4 Å². The normalized spacial score (nSPS) is 23.9. The molecule has 1 aliphatic rings. The van der Waals surface area contributed by atoms with Crippen LogP contribution in [-0.2, 0) is 40.0 Å². The van der Waals surface area contributed by atoms with Crippen molar-refractivity contribution in [1.82, 2.24) is 31.9 Å². The molecule has 300 valence electrons. The number of carbonyl (C=O) groups is 7. The minimum Gasteiger partial charge on any atom is -0.508 e. The lowest BCUT2D eigenvalue weighted by molar-refractivity contribution is -0.138. The maximum atomic E-state index is 14.0. The number of hydrogen-bond acceptors (Lipinski definition) is 11. The van der Waals surface area contributed by atoms with Crippen LogP contribution in [0.3, 0.4) is 0 Å². The van der Waals surface area contributed by atoms with Gasteiger partial charge >= 0.3 is 0 Å². The fourth-order valence-corrected chi connectivity index (χ4v) is 5.52. The van der Waals surface area contributed by atoms with Crippen LogP contribution in [-0.4, -0.2) is 113 Å². The lowest BCUT2D eigenvalue weighted by Crippen LogP contribution is -2.63. The molecule has 7 atom stereocenters. The summed E-state index contributed by atoms with van der Waals surface area (Å²) in [4.78, 5) is 98.3. The first kappa shape index (κ1) is 44.7. The van der Waals surface area contributed by atoms with Crippen LogP contribution < -0.4 is 54.8 Å². The lowest BCUT2D eigenvalue weighted by Gasteiger charge is -2.30. The van der Waals surface area contributed by atoms with E-state index in [0.717, 1.165) is 0 Å². The number of phenols is 1. The van der Waals surface area contributed by atoms with E-state index >= 15 is 0 Å². The van der Waals surface area contributed by atoms with Crippen LogP contribution in [0.15, 0.2) is 29.3 Å². The molecule has 0 radical (unpaired) electrons. The molecule has 0 aliphatic carbocycles. The molecule has 1 aromatic carbocycles. The highest BCUT2D eigenvalue weighted by molar-refractivity contribution is 5.99. The Balaban J connectivity index is 2.67. The third-order valence-electron chi connectivity index (χ3n) is 8.81. The van der Waals surface area contributed by atoms with E-state index in [9.17, 15) is 43.8 Å². The molecule has 20 nitrogen and oxygen atoms in total. The molecule has 0 spiro atoms. The van der Waals surface area contributed by atoms with E-state index in [1.165, 1.54) is 24.3 Å². The number of aromatic hydroxyl groups is 1. The van der Waals surface area contributed by atoms with Crippen molar-refractivity contribution in [3.05, 3.63) is 29.8 Å². The number of guanidine groups is 1. The van der Waals surface area contributed by atoms with Crippen LogP contribution >= 0.6 is 0 Å². The molecule has 16 N–H and O–H groups in total. The summed E-state index contributed by atoms with van der Waals surface area (Å²) in [5.41, 5.74) is 22.4. The van der Waals surface area contributed by atoms with Crippen molar-refractivity contribution in [1.29, 1.82) is 0 Å². The number of nitrogens with one attached hydrogen (secondary N) is 6. The molecular weight excluding hydrogens is 706 g/mol. The summed E-state index contributed by atoms with van der Waals surface area (Å²) in [6.45, 7) is 2.93. The topological polar surface area (TPSA) is 349 Å². The number of primary amides is 1. The molecule has 0 aromatic heterocycles. The van der Waals surface area contributed by atoms with Crippen LogP contribution in [0.5, 0.6) is 5.75 Å². The fraction of sp³-hybridized carbons (Fsp3) is 0.588. The van der Waals surface area contributed by atoms with E-state index in [2.05, 4.69) is 36.9 Å². The van der Waals surface area contributed by atoms with Gasteiger partial charge in [0.1, 0.15) is 42.0 Å². The quantitative estimate of drug-likeness (QED) is 0.0462. The Kier molecular flexibility index (Phi) is 18.6. The minimum atomic E-state index is -1.64.